The quantitative estimate of drug-likeness (QED) is 0.278. The van der Waals surface area contributed by atoms with Crippen LogP contribution >= 0.6 is 11.6 Å². The third-order valence-electron chi connectivity index (χ3n) is 6.71. The summed E-state index contributed by atoms with van der Waals surface area (Å²) in [5.41, 5.74) is 6.22. The van der Waals surface area contributed by atoms with Crippen LogP contribution in [0.5, 0.6) is 0 Å². The first-order chi connectivity index (χ1) is 14.9. The maximum Gasteiger partial charge on any atom is 0.391 e. The molecule has 0 radical (unpaired) electrons. The molecule has 3 aliphatic rings. The first-order valence-electron chi connectivity index (χ1n) is 11.8. The lowest BCUT2D eigenvalue weighted by Crippen LogP contribution is -2.52. The van der Waals surface area contributed by atoms with Crippen molar-refractivity contribution >= 4 is 23.5 Å². The Morgan fingerprint density at radius 3 is 2.28 bits per heavy atom. The monoisotopic (exact) mass is 479 g/mol. The number of aliphatic imine (C=N–C) groups is 1. The molecule has 10 heteroatoms. The van der Waals surface area contributed by atoms with Crippen molar-refractivity contribution in [1.29, 1.82) is 0 Å². The molecule has 1 heterocycles. The fourth-order valence-corrected chi connectivity index (χ4v) is 5.38. The summed E-state index contributed by atoms with van der Waals surface area (Å²) in [7, 11) is 0. The molecule has 32 heavy (non-hydrogen) atoms. The average Bonchev–Trinajstić information content (AvgIpc) is 3.14. The second-order valence-electron chi connectivity index (χ2n) is 10.6. The van der Waals surface area contributed by atoms with Crippen LogP contribution in [0, 0.1) is 17.8 Å². The molecule has 1 amide bonds. The van der Waals surface area contributed by atoms with E-state index in [-0.39, 0.29) is 54.7 Å². The minimum absolute atomic E-state index is 0.000499. The molecular formula is C22H37ClF3N5O. The van der Waals surface area contributed by atoms with Gasteiger partial charge in [0.15, 0.2) is 5.96 Å². The van der Waals surface area contributed by atoms with Gasteiger partial charge in [-0.15, -0.1) is 11.6 Å². The minimum atomic E-state index is -4.18. The second-order valence-corrected chi connectivity index (χ2v) is 11.2. The van der Waals surface area contributed by atoms with Crippen LogP contribution in [0.15, 0.2) is 4.99 Å². The van der Waals surface area contributed by atoms with Crippen LogP contribution in [-0.4, -0.2) is 41.2 Å². The Labute approximate surface area is 193 Å². The van der Waals surface area contributed by atoms with Gasteiger partial charge in [0.2, 0.25) is 5.91 Å². The molecule has 0 spiro atoms. The molecule has 3 rings (SSSR count). The van der Waals surface area contributed by atoms with Crippen molar-refractivity contribution in [3.05, 3.63) is 0 Å². The zero-order valence-corrected chi connectivity index (χ0v) is 20.0. The largest absolute Gasteiger partial charge is 0.391 e. The van der Waals surface area contributed by atoms with Crippen LogP contribution in [0.25, 0.3) is 0 Å². The minimum Gasteiger partial charge on any atom is -0.351 e. The Bertz CT molecular complexity index is 673. The highest BCUT2D eigenvalue weighted by molar-refractivity contribution is 6.20. The van der Waals surface area contributed by atoms with Gasteiger partial charge in [0.05, 0.1) is 5.92 Å². The molecule has 2 saturated carbocycles. The molecule has 4 unspecified atom stereocenters. The Morgan fingerprint density at radius 2 is 1.69 bits per heavy atom. The van der Waals surface area contributed by atoms with Gasteiger partial charge in [0.1, 0.15) is 6.17 Å². The molecule has 6 nitrogen and oxygen atoms in total. The summed E-state index contributed by atoms with van der Waals surface area (Å²) in [6.45, 7) is 5.90. The summed E-state index contributed by atoms with van der Waals surface area (Å²) >= 11 is 6.35. The molecule has 3 fully saturated rings. The third kappa shape index (κ3) is 7.48. The number of nitrogens with zero attached hydrogens (tertiary/aromatic N) is 1. The number of carbonyl (C=O) groups is 1. The molecule has 4 N–H and O–H groups in total. The molecular weight excluding hydrogens is 443 g/mol. The number of halogens is 4. The number of amides is 1. The zero-order chi connectivity index (χ0) is 23.5. The van der Waals surface area contributed by atoms with Gasteiger partial charge >= 0.3 is 6.18 Å². The van der Waals surface area contributed by atoms with Crippen LogP contribution in [0.2, 0.25) is 0 Å². The summed E-state index contributed by atoms with van der Waals surface area (Å²) < 4.78 is 38.8. The Kier molecular flexibility index (Phi) is 8.36. The fraction of sp³-hybridized carbons (Fsp3) is 0.909. The van der Waals surface area contributed by atoms with Crippen molar-refractivity contribution in [1.82, 2.24) is 21.5 Å². The normalized spacial score (nSPS) is 34.9. The molecule has 184 valence electrons. The van der Waals surface area contributed by atoms with Crippen molar-refractivity contribution in [3.8, 4) is 0 Å². The standard InChI is InChI=1S/C22H37ClF3N5O/c1-21(2,3)29-20(28-19(32)13-7-9-15(10-8-13)22(24,25)26)27-18-12-17(30-31-18)14-5-4-6-16(23)11-14/h13-18,30-31H,4-12H2,1-3H3,(H2,27,28,29,32). The van der Waals surface area contributed by atoms with Crippen molar-refractivity contribution in [2.24, 2.45) is 22.7 Å². The maximum absolute atomic E-state index is 12.9. The highest BCUT2D eigenvalue weighted by Gasteiger charge is 2.42. The maximum atomic E-state index is 12.9. The predicted octanol–water partition coefficient (Wildman–Crippen LogP) is 4.21. The lowest BCUT2D eigenvalue weighted by molar-refractivity contribution is -0.184. The van der Waals surface area contributed by atoms with Crippen molar-refractivity contribution in [2.75, 3.05) is 0 Å². The lowest BCUT2D eigenvalue weighted by atomic mass is 9.81. The Balaban J connectivity index is 1.59. The van der Waals surface area contributed by atoms with Crippen LogP contribution in [0.3, 0.4) is 0 Å². The second kappa shape index (κ2) is 10.5. The summed E-state index contributed by atoms with van der Waals surface area (Å²) in [5, 5.41) is 6.32. The summed E-state index contributed by atoms with van der Waals surface area (Å²) in [4.78, 5) is 17.5. The SMILES string of the molecule is CC(C)(C)N/C(=N\C1CC(C2CCCC(Cl)C2)NN1)NC(=O)C1CCC(C(F)(F)F)CC1. The number of alkyl halides is 4. The van der Waals surface area contributed by atoms with E-state index >= 15 is 0 Å². The number of nitrogens with one attached hydrogen (secondary N) is 4. The molecule has 0 bridgehead atoms. The highest BCUT2D eigenvalue weighted by atomic mass is 35.5. The van der Waals surface area contributed by atoms with Crippen LogP contribution in [0.4, 0.5) is 13.2 Å². The first-order valence-corrected chi connectivity index (χ1v) is 12.2. The number of hydrogen-bond donors (Lipinski definition) is 4. The van der Waals surface area contributed by atoms with Crippen molar-refractivity contribution < 1.29 is 18.0 Å². The first kappa shape index (κ1) is 25.6. The van der Waals surface area contributed by atoms with E-state index in [1.54, 1.807) is 0 Å². The van der Waals surface area contributed by atoms with Gasteiger partial charge in [-0.1, -0.05) is 6.42 Å². The van der Waals surface area contributed by atoms with E-state index in [0.717, 1.165) is 32.1 Å². The van der Waals surface area contributed by atoms with Crippen LogP contribution in [0.1, 0.15) is 78.6 Å². The number of rotatable bonds is 3. The van der Waals surface area contributed by atoms with E-state index in [0.29, 0.717) is 11.9 Å². The summed E-state index contributed by atoms with van der Waals surface area (Å²) in [5.74, 6) is -1.13. The molecule has 0 aromatic rings. The molecule has 4 atom stereocenters. The van der Waals surface area contributed by atoms with Gasteiger partial charge < -0.3 is 5.32 Å². The van der Waals surface area contributed by atoms with E-state index in [4.69, 9.17) is 16.6 Å². The summed E-state index contributed by atoms with van der Waals surface area (Å²) in [6.07, 6.45) is 1.21. The van der Waals surface area contributed by atoms with Gasteiger partial charge in [-0.3, -0.25) is 15.5 Å². The van der Waals surface area contributed by atoms with Crippen LogP contribution < -0.4 is 21.5 Å². The summed E-state index contributed by atoms with van der Waals surface area (Å²) in [6, 6.07) is 0.273. The van der Waals surface area contributed by atoms with E-state index in [9.17, 15) is 18.0 Å². The Morgan fingerprint density at radius 1 is 1.00 bits per heavy atom. The topological polar surface area (TPSA) is 77.6 Å². The third-order valence-corrected chi connectivity index (χ3v) is 7.11. The van der Waals surface area contributed by atoms with Gasteiger partial charge in [-0.05, 0) is 71.6 Å². The molecule has 0 aromatic heterocycles. The van der Waals surface area contributed by atoms with Crippen molar-refractivity contribution in [3.63, 3.8) is 0 Å². The number of carbonyl (C=O) groups excluding carboxylic acids is 1. The zero-order valence-electron chi connectivity index (χ0n) is 19.2. The van der Waals surface area contributed by atoms with E-state index < -0.39 is 18.0 Å². The van der Waals surface area contributed by atoms with Gasteiger partial charge in [-0.25, -0.2) is 10.4 Å². The van der Waals surface area contributed by atoms with Crippen LogP contribution in [-0.2, 0) is 4.79 Å². The average molecular weight is 480 g/mol. The molecule has 1 saturated heterocycles. The fourth-order valence-electron chi connectivity index (χ4n) is 5.00. The molecule has 1 aliphatic heterocycles. The predicted molar refractivity (Wildman–Crippen MR) is 120 cm³/mol. The van der Waals surface area contributed by atoms with E-state index in [1.165, 1.54) is 0 Å². The van der Waals surface area contributed by atoms with E-state index in [2.05, 4.69) is 21.5 Å². The number of hydrazine groups is 1. The van der Waals surface area contributed by atoms with Gasteiger partial charge in [0, 0.05) is 29.3 Å². The van der Waals surface area contributed by atoms with Gasteiger partial charge in [0.25, 0.3) is 0 Å². The number of hydrogen-bond acceptors (Lipinski definition) is 4. The van der Waals surface area contributed by atoms with Gasteiger partial charge in [-0.2, -0.15) is 13.2 Å². The van der Waals surface area contributed by atoms with E-state index in [1.807, 2.05) is 20.8 Å². The smallest absolute Gasteiger partial charge is 0.351 e. The molecule has 2 aliphatic carbocycles. The highest BCUT2D eigenvalue weighted by Crippen LogP contribution is 2.39. The van der Waals surface area contributed by atoms with Crippen molar-refractivity contribution in [2.45, 2.75) is 108 Å². The lowest BCUT2D eigenvalue weighted by Gasteiger charge is -2.30. The number of guanidine groups is 1. The molecule has 0 aromatic carbocycles. The Hall–Kier alpha value is -1.06.